The zero-order valence-corrected chi connectivity index (χ0v) is 18.7. The Labute approximate surface area is 185 Å². The number of aromatic nitrogens is 2. The molecule has 0 saturated heterocycles. The molecule has 2 aromatic rings. The van der Waals surface area contributed by atoms with Gasteiger partial charge in [-0.3, -0.25) is 24.0 Å². The fraction of sp³-hybridized carbons (Fsp3) is 0.435. The highest BCUT2D eigenvalue weighted by Crippen LogP contribution is 2.27. The third kappa shape index (κ3) is 3.57. The van der Waals surface area contributed by atoms with E-state index in [0.717, 1.165) is 5.69 Å². The minimum atomic E-state index is -0.468. The summed E-state index contributed by atoms with van der Waals surface area (Å²) in [6.07, 6.45) is 0.513. The number of carbonyl (C=O) groups is 4. The maximum Gasteiger partial charge on any atom is 0.356 e. The average Bonchev–Trinajstić information content (AvgIpc) is 3.21. The first kappa shape index (κ1) is 21.7. The Kier molecular flexibility index (Phi) is 5.58. The van der Waals surface area contributed by atoms with Crippen LogP contribution in [-0.2, 0) is 24.8 Å². The number of fused-ring (bicyclic) bond motifs is 2. The fourth-order valence-electron chi connectivity index (χ4n) is 4.27. The van der Waals surface area contributed by atoms with Gasteiger partial charge in [-0.05, 0) is 31.0 Å². The average molecular weight is 438 g/mol. The topological polar surface area (TPSA) is 102 Å². The molecular weight excluding hydrogens is 412 g/mol. The van der Waals surface area contributed by atoms with Crippen molar-refractivity contribution >= 4 is 23.7 Å². The van der Waals surface area contributed by atoms with Gasteiger partial charge in [0.05, 0.1) is 30.0 Å². The van der Waals surface area contributed by atoms with Crippen LogP contribution in [0.3, 0.4) is 0 Å². The maximum atomic E-state index is 13.2. The van der Waals surface area contributed by atoms with Gasteiger partial charge in [0, 0.05) is 37.7 Å². The highest BCUT2D eigenvalue weighted by molar-refractivity contribution is 6.22. The molecule has 0 aliphatic carbocycles. The van der Waals surface area contributed by atoms with Crippen LogP contribution in [0, 0.1) is 5.92 Å². The van der Waals surface area contributed by atoms with Crippen LogP contribution < -0.4 is 0 Å². The van der Waals surface area contributed by atoms with E-state index in [2.05, 4.69) is 5.10 Å². The Morgan fingerprint density at radius 2 is 1.88 bits per heavy atom. The molecule has 0 radical (unpaired) electrons. The number of carbonyl (C=O) groups excluding carboxylic acids is 4. The fourth-order valence-corrected chi connectivity index (χ4v) is 4.27. The van der Waals surface area contributed by atoms with Gasteiger partial charge in [-0.15, -0.1) is 0 Å². The molecule has 0 spiro atoms. The molecule has 0 bridgehead atoms. The summed E-state index contributed by atoms with van der Waals surface area (Å²) in [5.74, 6) is -1.28. The van der Waals surface area contributed by atoms with Crippen LogP contribution in [0.15, 0.2) is 18.2 Å². The number of amides is 3. The third-order valence-corrected chi connectivity index (χ3v) is 5.72. The van der Waals surface area contributed by atoms with Crippen molar-refractivity contribution in [1.82, 2.24) is 19.6 Å². The number of imide groups is 1. The van der Waals surface area contributed by atoms with Crippen LogP contribution in [0.5, 0.6) is 0 Å². The number of rotatable bonds is 5. The third-order valence-electron chi connectivity index (χ3n) is 5.72. The molecular formula is C23H26N4O5. The van der Waals surface area contributed by atoms with E-state index in [1.54, 1.807) is 31.0 Å². The minimum absolute atomic E-state index is 0.147. The van der Waals surface area contributed by atoms with Crippen LogP contribution in [0.4, 0.5) is 0 Å². The van der Waals surface area contributed by atoms with Gasteiger partial charge in [-0.25, -0.2) is 4.79 Å². The Morgan fingerprint density at radius 3 is 2.56 bits per heavy atom. The number of nitrogens with zero attached hydrogens (tertiary/aromatic N) is 4. The zero-order chi connectivity index (χ0) is 23.2. The quantitative estimate of drug-likeness (QED) is 0.523. The van der Waals surface area contributed by atoms with Gasteiger partial charge < -0.3 is 9.64 Å². The Hall–Kier alpha value is -3.49. The van der Waals surface area contributed by atoms with Crippen molar-refractivity contribution in [3.63, 3.8) is 0 Å². The van der Waals surface area contributed by atoms with E-state index in [4.69, 9.17) is 4.74 Å². The van der Waals surface area contributed by atoms with Crippen molar-refractivity contribution in [2.75, 3.05) is 19.7 Å². The van der Waals surface area contributed by atoms with Crippen molar-refractivity contribution in [2.45, 2.75) is 33.7 Å². The lowest BCUT2D eigenvalue weighted by Crippen LogP contribution is -2.36. The molecule has 9 heteroatoms. The normalized spacial score (nSPS) is 15.3. The molecule has 2 aliphatic rings. The molecule has 32 heavy (non-hydrogen) atoms. The predicted molar refractivity (Wildman–Crippen MR) is 114 cm³/mol. The van der Waals surface area contributed by atoms with Gasteiger partial charge in [-0.1, -0.05) is 13.8 Å². The summed E-state index contributed by atoms with van der Waals surface area (Å²) in [5, 5.41) is 4.41. The SMILES string of the molecule is CCOC(=O)c1c2c(nn1C)CCN(C(=O)c1ccc3c(c1)C(=O)N(CC(C)C)C3=O)C2. The molecule has 0 N–H and O–H groups in total. The Bertz CT molecular complexity index is 1130. The van der Waals surface area contributed by atoms with E-state index in [1.807, 2.05) is 13.8 Å². The molecule has 9 nitrogen and oxygen atoms in total. The molecule has 3 amide bonds. The molecule has 1 aromatic heterocycles. The van der Waals surface area contributed by atoms with Crippen LogP contribution in [0.2, 0.25) is 0 Å². The second kappa shape index (κ2) is 8.22. The number of aryl methyl sites for hydroxylation is 1. The second-order valence-electron chi connectivity index (χ2n) is 8.47. The predicted octanol–water partition coefficient (Wildman–Crippen LogP) is 2.05. The highest BCUT2D eigenvalue weighted by atomic mass is 16.5. The summed E-state index contributed by atoms with van der Waals surface area (Å²) >= 11 is 0. The van der Waals surface area contributed by atoms with E-state index in [0.29, 0.717) is 41.9 Å². The van der Waals surface area contributed by atoms with Crippen LogP contribution in [0.25, 0.3) is 0 Å². The number of hydrogen-bond acceptors (Lipinski definition) is 6. The standard InChI is InChI=1S/C23H26N4O5/c1-5-32-23(31)19-17-12-26(9-8-18(17)24-25(19)4)20(28)14-6-7-15-16(10-14)22(30)27(21(15)29)11-13(2)3/h6-7,10,13H,5,8-9,11-12H2,1-4H3. The summed E-state index contributed by atoms with van der Waals surface area (Å²) in [5.41, 5.74) is 2.72. The largest absolute Gasteiger partial charge is 0.461 e. The first-order valence-electron chi connectivity index (χ1n) is 10.7. The van der Waals surface area contributed by atoms with E-state index < -0.39 is 5.97 Å². The first-order valence-corrected chi connectivity index (χ1v) is 10.7. The lowest BCUT2D eigenvalue weighted by Gasteiger charge is -2.27. The Balaban J connectivity index is 1.59. The van der Waals surface area contributed by atoms with E-state index in [9.17, 15) is 19.2 Å². The van der Waals surface area contributed by atoms with Gasteiger partial charge in [0.2, 0.25) is 0 Å². The number of hydrogen-bond donors (Lipinski definition) is 0. The van der Waals surface area contributed by atoms with Gasteiger partial charge in [-0.2, -0.15) is 5.10 Å². The molecule has 0 fully saturated rings. The van der Waals surface area contributed by atoms with E-state index in [-0.39, 0.29) is 42.4 Å². The van der Waals surface area contributed by atoms with Crippen molar-refractivity contribution in [3.05, 3.63) is 51.8 Å². The summed E-state index contributed by atoms with van der Waals surface area (Å²) in [4.78, 5) is 53.8. The highest BCUT2D eigenvalue weighted by Gasteiger charge is 2.37. The lowest BCUT2D eigenvalue weighted by atomic mass is 10.0. The van der Waals surface area contributed by atoms with Crippen molar-refractivity contribution in [3.8, 4) is 0 Å². The number of ether oxygens (including phenoxy) is 1. The molecule has 0 atom stereocenters. The molecule has 168 valence electrons. The molecule has 2 aliphatic heterocycles. The van der Waals surface area contributed by atoms with Crippen LogP contribution in [0.1, 0.15) is 73.6 Å². The summed E-state index contributed by atoms with van der Waals surface area (Å²) in [7, 11) is 1.68. The maximum absolute atomic E-state index is 13.2. The summed E-state index contributed by atoms with van der Waals surface area (Å²) < 4.78 is 6.65. The first-order chi connectivity index (χ1) is 15.2. The van der Waals surface area contributed by atoms with Gasteiger partial charge in [0.25, 0.3) is 17.7 Å². The second-order valence-corrected chi connectivity index (χ2v) is 8.47. The minimum Gasteiger partial charge on any atom is -0.461 e. The number of esters is 1. The summed E-state index contributed by atoms with van der Waals surface area (Å²) in [6, 6.07) is 4.63. The van der Waals surface area contributed by atoms with Crippen molar-refractivity contribution in [1.29, 1.82) is 0 Å². The van der Waals surface area contributed by atoms with Gasteiger partial charge in [0.1, 0.15) is 0 Å². The molecule has 3 heterocycles. The molecule has 1 aromatic carbocycles. The molecule has 0 unspecified atom stereocenters. The summed E-state index contributed by atoms with van der Waals surface area (Å²) in [6.45, 7) is 6.85. The molecule has 4 rings (SSSR count). The van der Waals surface area contributed by atoms with Gasteiger partial charge in [0.15, 0.2) is 5.69 Å². The van der Waals surface area contributed by atoms with E-state index in [1.165, 1.54) is 15.6 Å². The monoisotopic (exact) mass is 438 g/mol. The van der Waals surface area contributed by atoms with Gasteiger partial charge >= 0.3 is 5.97 Å². The van der Waals surface area contributed by atoms with Crippen molar-refractivity contribution < 1.29 is 23.9 Å². The molecule has 0 saturated carbocycles. The number of benzene rings is 1. The Morgan fingerprint density at radius 1 is 1.16 bits per heavy atom. The van der Waals surface area contributed by atoms with Crippen LogP contribution >= 0.6 is 0 Å². The van der Waals surface area contributed by atoms with Crippen LogP contribution in [-0.4, -0.2) is 63.0 Å². The lowest BCUT2D eigenvalue weighted by molar-refractivity contribution is 0.0507. The zero-order valence-electron chi connectivity index (χ0n) is 18.7. The van der Waals surface area contributed by atoms with E-state index >= 15 is 0 Å². The van der Waals surface area contributed by atoms with Crippen molar-refractivity contribution in [2.24, 2.45) is 13.0 Å². The smallest absolute Gasteiger partial charge is 0.356 e.